The molecule has 0 bridgehead atoms. The Bertz CT molecular complexity index is 355. The Morgan fingerprint density at radius 3 is 2.44 bits per heavy atom. The molecule has 0 amide bonds. The molecule has 2 N–H and O–H groups in total. The molecule has 0 heterocycles. The van der Waals surface area contributed by atoms with Crippen molar-refractivity contribution in [3.8, 4) is 0 Å². The van der Waals surface area contributed by atoms with Crippen LogP contribution in [-0.4, -0.2) is 13.6 Å². The van der Waals surface area contributed by atoms with Crippen molar-refractivity contribution in [2.75, 3.05) is 18.5 Å². The van der Waals surface area contributed by atoms with Gasteiger partial charge in [-0.2, -0.15) is 0 Å². The van der Waals surface area contributed by atoms with Crippen LogP contribution >= 0.6 is 11.6 Å². The Morgan fingerprint density at radius 2 is 1.94 bits per heavy atom. The summed E-state index contributed by atoms with van der Waals surface area (Å²) in [6.45, 7) is 8.18. The molecule has 2 nitrogen and oxygen atoms in total. The van der Waals surface area contributed by atoms with E-state index in [0.29, 0.717) is 6.54 Å². The molecule has 1 aromatic rings. The highest BCUT2D eigenvalue weighted by Crippen LogP contribution is 2.26. The zero-order valence-electron chi connectivity index (χ0n) is 10.5. The minimum Gasteiger partial charge on any atom is -0.374 e. The first-order valence-electron chi connectivity index (χ1n) is 5.53. The lowest BCUT2D eigenvalue weighted by Gasteiger charge is -2.29. The summed E-state index contributed by atoms with van der Waals surface area (Å²) in [6.07, 6.45) is 0. The van der Waals surface area contributed by atoms with Crippen molar-refractivity contribution in [3.63, 3.8) is 0 Å². The number of nitrogens with zero attached hydrogens (tertiary/aromatic N) is 1. The van der Waals surface area contributed by atoms with E-state index in [9.17, 15) is 0 Å². The topological polar surface area (TPSA) is 29.3 Å². The average Bonchev–Trinajstić information content (AvgIpc) is 2.14. The van der Waals surface area contributed by atoms with Crippen LogP contribution in [0.3, 0.4) is 0 Å². The van der Waals surface area contributed by atoms with Gasteiger partial charge in [-0.05, 0) is 29.2 Å². The number of halogens is 1. The fourth-order valence-electron chi connectivity index (χ4n) is 1.89. The van der Waals surface area contributed by atoms with Gasteiger partial charge in [-0.1, -0.05) is 32.4 Å². The Balaban J connectivity index is 2.94. The smallest absolute Gasteiger partial charge is 0.0410 e. The lowest BCUT2D eigenvalue weighted by molar-refractivity contribution is 0.418. The predicted octanol–water partition coefficient (Wildman–Crippen LogP) is 3.28. The van der Waals surface area contributed by atoms with Gasteiger partial charge >= 0.3 is 0 Å². The molecule has 0 radical (unpaired) electrons. The van der Waals surface area contributed by atoms with Crippen LogP contribution in [0.15, 0.2) is 18.2 Å². The minimum atomic E-state index is 0.264. The van der Waals surface area contributed by atoms with E-state index in [-0.39, 0.29) is 5.41 Å². The van der Waals surface area contributed by atoms with E-state index in [0.717, 1.165) is 17.1 Å². The van der Waals surface area contributed by atoms with E-state index >= 15 is 0 Å². The molecular formula is C13H21ClN2. The molecule has 0 atom stereocenters. The van der Waals surface area contributed by atoms with Crippen molar-refractivity contribution >= 4 is 17.3 Å². The van der Waals surface area contributed by atoms with Crippen LogP contribution in [0.25, 0.3) is 0 Å². The first-order chi connectivity index (χ1) is 7.33. The second-order valence-electron chi connectivity index (χ2n) is 5.39. The number of nitrogens with two attached hydrogens (primary N) is 1. The summed E-state index contributed by atoms with van der Waals surface area (Å²) in [7, 11) is 2.09. The van der Waals surface area contributed by atoms with Crippen LogP contribution < -0.4 is 10.6 Å². The summed E-state index contributed by atoms with van der Waals surface area (Å²) in [5, 5.41) is 0.744. The molecule has 1 aromatic carbocycles. The van der Waals surface area contributed by atoms with Crippen molar-refractivity contribution in [2.45, 2.75) is 27.3 Å². The molecule has 0 spiro atoms. The Labute approximate surface area is 103 Å². The maximum absolute atomic E-state index is 5.96. The number of anilines is 1. The van der Waals surface area contributed by atoms with Crippen molar-refractivity contribution < 1.29 is 0 Å². The highest BCUT2D eigenvalue weighted by Gasteiger charge is 2.15. The molecule has 0 fully saturated rings. The van der Waals surface area contributed by atoms with Gasteiger partial charge in [0.2, 0.25) is 0 Å². The molecule has 0 aromatic heterocycles. The van der Waals surface area contributed by atoms with Gasteiger partial charge < -0.3 is 10.6 Å². The first-order valence-corrected chi connectivity index (χ1v) is 5.91. The van der Waals surface area contributed by atoms with E-state index in [2.05, 4.69) is 32.7 Å². The normalized spacial score (nSPS) is 11.6. The van der Waals surface area contributed by atoms with Gasteiger partial charge in [0, 0.05) is 30.8 Å². The van der Waals surface area contributed by atoms with Crippen molar-refractivity contribution in [2.24, 2.45) is 11.1 Å². The Hall–Kier alpha value is -0.730. The van der Waals surface area contributed by atoms with Gasteiger partial charge in [0.15, 0.2) is 0 Å². The molecule has 0 aliphatic carbocycles. The molecule has 16 heavy (non-hydrogen) atoms. The third-order valence-electron chi connectivity index (χ3n) is 2.38. The van der Waals surface area contributed by atoms with Crippen LogP contribution in [0.1, 0.15) is 26.3 Å². The maximum atomic E-state index is 5.96. The van der Waals surface area contributed by atoms with E-state index in [1.165, 1.54) is 5.69 Å². The second kappa shape index (κ2) is 5.07. The Kier molecular flexibility index (Phi) is 4.22. The minimum absolute atomic E-state index is 0.264. The predicted molar refractivity (Wildman–Crippen MR) is 72.1 cm³/mol. The van der Waals surface area contributed by atoms with Crippen LogP contribution in [0, 0.1) is 5.41 Å². The number of hydrogen-bond donors (Lipinski definition) is 1. The van der Waals surface area contributed by atoms with Gasteiger partial charge in [-0.25, -0.2) is 0 Å². The SMILES string of the molecule is CN(CC(C)(C)C)c1ccc(Cl)cc1CN. The molecule has 0 unspecified atom stereocenters. The number of rotatable bonds is 3. The lowest BCUT2D eigenvalue weighted by Crippen LogP contribution is -2.30. The number of benzene rings is 1. The van der Waals surface area contributed by atoms with E-state index in [1.54, 1.807) is 0 Å². The molecule has 0 saturated heterocycles. The largest absolute Gasteiger partial charge is 0.374 e. The number of hydrogen-bond acceptors (Lipinski definition) is 2. The third kappa shape index (κ3) is 3.69. The van der Waals surface area contributed by atoms with Crippen LogP contribution in [0.5, 0.6) is 0 Å². The molecule has 0 aliphatic rings. The molecule has 1 rings (SSSR count). The highest BCUT2D eigenvalue weighted by molar-refractivity contribution is 6.30. The van der Waals surface area contributed by atoms with Crippen LogP contribution in [0.2, 0.25) is 5.02 Å². The van der Waals surface area contributed by atoms with E-state index in [4.69, 9.17) is 17.3 Å². The summed E-state index contributed by atoms with van der Waals surface area (Å²) in [5.74, 6) is 0. The quantitative estimate of drug-likeness (QED) is 0.879. The standard InChI is InChI=1S/C13H21ClN2/c1-13(2,3)9-16(4)12-6-5-11(14)7-10(12)8-15/h5-7H,8-9,15H2,1-4H3. The monoisotopic (exact) mass is 240 g/mol. The highest BCUT2D eigenvalue weighted by atomic mass is 35.5. The summed E-state index contributed by atoms with van der Waals surface area (Å²) < 4.78 is 0. The second-order valence-corrected chi connectivity index (χ2v) is 5.83. The van der Waals surface area contributed by atoms with E-state index < -0.39 is 0 Å². The fraction of sp³-hybridized carbons (Fsp3) is 0.538. The van der Waals surface area contributed by atoms with Crippen molar-refractivity contribution in [1.29, 1.82) is 0 Å². The third-order valence-corrected chi connectivity index (χ3v) is 2.62. The first kappa shape index (κ1) is 13.3. The average molecular weight is 241 g/mol. The zero-order valence-corrected chi connectivity index (χ0v) is 11.3. The molecule has 0 aliphatic heterocycles. The van der Waals surface area contributed by atoms with E-state index in [1.807, 2.05) is 18.2 Å². The molecule has 90 valence electrons. The Morgan fingerprint density at radius 1 is 1.31 bits per heavy atom. The van der Waals surface area contributed by atoms with Crippen molar-refractivity contribution in [3.05, 3.63) is 28.8 Å². The fourth-order valence-corrected chi connectivity index (χ4v) is 2.08. The summed E-state index contributed by atoms with van der Waals surface area (Å²) in [6, 6.07) is 5.89. The summed E-state index contributed by atoms with van der Waals surface area (Å²) in [5.41, 5.74) is 8.26. The molecule has 3 heteroatoms. The van der Waals surface area contributed by atoms with Gasteiger partial charge in [0.05, 0.1) is 0 Å². The van der Waals surface area contributed by atoms with Gasteiger partial charge in [-0.3, -0.25) is 0 Å². The summed E-state index contributed by atoms with van der Waals surface area (Å²) >= 11 is 5.96. The van der Waals surface area contributed by atoms with Gasteiger partial charge in [0.25, 0.3) is 0 Å². The van der Waals surface area contributed by atoms with Gasteiger partial charge in [-0.15, -0.1) is 0 Å². The van der Waals surface area contributed by atoms with Crippen molar-refractivity contribution in [1.82, 2.24) is 0 Å². The van der Waals surface area contributed by atoms with Gasteiger partial charge in [0.1, 0.15) is 0 Å². The lowest BCUT2D eigenvalue weighted by atomic mass is 9.95. The summed E-state index contributed by atoms with van der Waals surface area (Å²) in [4.78, 5) is 2.23. The molecular weight excluding hydrogens is 220 g/mol. The maximum Gasteiger partial charge on any atom is 0.0410 e. The van der Waals surface area contributed by atoms with Crippen LogP contribution in [-0.2, 0) is 6.54 Å². The zero-order chi connectivity index (χ0) is 12.3. The molecule has 0 saturated carbocycles. The van der Waals surface area contributed by atoms with Crippen LogP contribution in [0.4, 0.5) is 5.69 Å².